The fourth-order valence-electron chi connectivity index (χ4n) is 1.48. The van der Waals surface area contributed by atoms with Crippen molar-refractivity contribution in [3.8, 4) is 0 Å². The van der Waals surface area contributed by atoms with Gasteiger partial charge in [-0.05, 0) is 32.0 Å². The van der Waals surface area contributed by atoms with E-state index >= 15 is 0 Å². The predicted octanol–water partition coefficient (Wildman–Crippen LogP) is 3.03. The summed E-state index contributed by atoms with van der Waals surface area (Å²) in [5, 5.41) is 0. The van der Waals surface area contributed by atoms with Crippen LogP contribution in [0.3, 0.4) is 0 Å². The second-order valence-corrected chi connectivity index (χ2v) is 6.72. The lowest BCUT2D eigenvalue weighted by Crippen LogP contribution is -2.36. The summed E-state index contributed by atoms with van der Waals surface area (Å²) < 4.78 is 26.9. The maximum absolute atomic E-state index is 12.4. The van der Waals surface area contributed by atoms with Crippen LogP contribution in [0, 0.1) is 0 Å². The second kappa shape index (κ2) is 5.80. The molecule has 0 bridgehead atoms. The number of halogens is 1. The standard InChI is InChI=1S/C12H16BrNO2S/c1-4-8-14(10(2)3)17(15,16)12-7-5-6-11(13)9-12/h4-7,9-10H,1,8H2,2-3H3. The van der Waals surface area contributed by atoms with Crippen molar-refractivity contribution in [3.05, 3.63) is 41.4 Å². The van der Waals surface area contributed by atoms with Crippen LogP contribution in [0.2, 0.25) is 0 Å². The van der Waals surface area contributed by atoms with Crippen LogP contribution in [0.15, 0.2) is 46.3 Å². The van der Waals surface area contributed by atoms with Crippen LogP contribution in [-0.2, 0) is 10.0 Å². The minimum absolute atomic E-state index is 0.100. The molecule has 17 heavy (non-hydrogen) atoms. The van der Waals surface area contributed by atoms with Crippen molar-refractivity contribution in [2.24, 2.45) is 0 Å². The Morgan fingerprint density at radius 2 is 2.12 bits per heavy atom. The fraction of sp³-hybridized carbons (Fsp3) is 0.333. The average molecular weight is 318 g/mol. The molecule has 94 valence electrons. The van der Waals surface area contributed by atoms with Gasteiger partial charge in [-0.15, -0.1) is 6.58 Å². The van der Waals surface area contributed by atoms with Crippen LogP contribution >= 0.6 is 15.9 Å². The molecule has 0 amide bonds. The molecule has 0 aliphatic carbocycles. The number of hydrogen-bond donors (Lipinski definition) is 0. The van der Waals surface area contributed by atoms with E-state index < -0.39 is 10.0 Å². The highest BCUT2D eigenvalue weighted by atomic mass is 79.9. The van der Waals surface area contributed by atoms with Crippen LogP contribution in [0.5, 0.6) is 0 Å². The van der Waals surface area contributed by atoms with E-state index in [4.69, 9.17) is 0 Å². The van der Waals surface area contributed by atoms with E-state index in [1.165, 1.54) is 4.31 Å². The smallest absolute Gasteiger partial charge is 0.207 e. The van der Waals surface area contributed by atoms with Gasteiger partial charge in [-0.2, -0.15) is 4.31 Å². The minimum Gasteiger partial charge on any atom is -0.207 e. The Morgan fingerprint density at radius 1 is 1.47 bits per heavy atom. The topological polar surface area (TPSA) is 37.4 Å². The third-order valence-corrected chi connectivity index (χ3v) is 4.82. The van der Waals surface area contributed by atoms with Gasteiger partial charge in [0.15, 0.2) is 0 Å². The number of sulfonamides is 1. The number of nitrogens with zero attached hydrogens (tertiary/aromatic N) is 1. The molecule has 0 N–H and O–H groups in total. The third kappa shape index (κ3) is 3.40. The van der Waals surface area contributed by atoms with Gasteiger partial charge in [-0.1, -0.05) is 28.1 Å². The van der Waals surface area contributed by atoms with Gasteiger partial charge in [0.05, 0.1) is 4.90 Å². The second-order valence-electron chi connectivity index (χ2n) is 3.91. The minimum atomic E-state index is -3.45. The van der Waals surface area contributed by atoms with Crippen molar-refractivity contribution in [2.75, 3.05) is 6.54 Å². The highest BCUT2D eigenvalue weighted by Gasteiger charge is 2.25. The summed E-state index contributed by atoms with van der Waals surface area (Å²) in [5.74, 6) is 0. The first-order chi connectivity index (χ1) is 7.89. The molecule has 1 aromatic rings. The molecule has 1 aromatic carbocycles. The lowest BCUT2D eigenvalue weighted by atomic mass is 10.4. The first-order valence-corrected chi connectivity index (χ1v) is 7.51. The molecular formula is C12H16BrNO2S. The maximum atomic E-state index is 12.4. The lowest BCUT2D eigenvalue weighted by molar-refractivity contribution is 0.383. The first-order valence-electron chi connectivity index (χ1n) is 5.28. The number of hydrogen-bond acceptors (Lipinski definition) is 2. The Hall–Kier alpha value is -0.650. The summed E-state index contributed by atoms with van der Waals surface area (Å²) in [7, 11) is -3.45. The molecule has 3 nitrogen and oxygen atoms in total. The fourth-order valence-corrected chi connectivity index (χ4v) is 3.68. The van der Waals surface area contributed by atoms with Crippen LogP contribution in [-0.4, -0.2) is 25.3 Å². The number of benzene rings is 1. The Labute approximate surface area is 111 Å². The van der Waals surface area contributed by atoms with Crippen molar-refractivity contribution in [2.45, 2.75) is 24.8 Å². The Balaban J connectivity index is 3.21. The van der Waals surface area contributed by atoms with Crippen LogP contribution < -0.4 is 0 Å². The van der Waals surface area contributed by atoms with Gasteiger partial charge in [0.25, 0.3) is 0 Å². The zero-order valence-corrected chi connectivity index (χ0v) is 12.3. The van der Waals surface area contributed by atoms with Gasteiger partial charge in [0.1, 0.15) is 0 Å². The summed E-state index contributed by atoms with van der Waals surface area (Å²) in [6.45, 7) is 7.60. The van der Waals surface area contributed by atoms with Gasteiger partial charge in [0, 0.05) is 17.1 Å². The van der Waals surface area contributed by atoms with E-state index in [0.717, 1.165) is 4.47 Å². The molecular weight excluding hydrogens is 302 g/mol. The third-order valence-electron chi connectivity index (χ3n) is 2.29. The van der Waals surface area contributed by atoms with E-state index in [0.29, 0.717) is 11.4 Å². The molecule has 0 heterocycles. The molecule has 5 heteroatoms. The highest BCUT2D eigenvalue weighted by Crippen LogP contribution is 2.21. The van der Waals surface area contributed by atoms with E-state index in [9.17, 15) is 8.42 Å². The van der Waals surface area contributed by atoms with Gasteiger partial charge in [-0.3, -0.25) is 0 Å². The molecule has 0 fully saturated rings. The predicted molar refractivity (Wildman–Crippen MR) is 73.4 cm³/mol. The first kappa shape index (κ1) is 14.4. The van der Waals surface area contributed by atoms with Gasteiger partial charge < -0.3 is 0 Å². The monoisotopic (exact) mass is 317 g/mol. The Morgan fingerprint density at radius 3 is 2.59 bits per heavy atom. The average Bonchev–Trinajstić information content (AvgIpc) is 2.25. The Bertz CT molecular complexity index is 497. The van der Waals surface area contributed by atoms with Crippen molar-refractivity contribution >= 4 is 26.0 Å². The Kier molecular flexibility index (Phi) is 4.91. The molecule has 0 aromatic heterocycles. The molecule has 0 saturated heterocycles. The molecule has 0 saturated carbocycles. The molecule has 0 aliphatic rings. The van der Waals surface area contributed by atoms with Gasteiger partial charge in [-0.25, -0.2) is 8.42 Å². The van der Waals surface area contributed by atoms with Crippen molar-refractivity contribution in [3.63, 3.8) is 0 Å². The molecule has 0 radical (unpaired) electrons. The quantitative estimate of drug-likeness (QED) is 0.783. The van der Waals surface area contributed by atoms with Crippen LogP contribution in [0.4, 0.5) is 0 Å². The van der Waals surface area contributed by atoms with Crippen LogP contribution in [0.25, 0.3) is 0 Å². The highest BCUT2D eigenvalue weighted by molar-refractivity contribution is 9.10. The summed E-state index contributed by atoms with van der Waals surface area (Å²) >= 11 is 3.28. The van der Waals surface area contributed by atoms with Gasteiger partial charge in [0.2, 0.25) is 10.0 Å². The molecule has 1 rings (SSSR count). The molecule has 0 aliphatic heterocycles. The molecule has 0 atom stereocenters. The van der Waals surface area contributed by atoms with E-state index in [1.807, 2.05) is 13.8 Å². The normalized spacial score (nSPS) is 12.1. The summed E-state index contributed by atoms with van der Waals surface area (Å²) in [6.07, 6.45) is 1.59. The summed E-state index contributed by atoms with van der Waals surface area (Å²) in [5.41, 5.74) is 0. The maximum Gasteiger partial charge on any atom is 0.243 e. The zero-order valence-electron chi connectivity index (χ0n) is 9.93. The largest absolute Gasteiger partial charge is 0.243 e. The van der Waals surface area contributed by atoms with E-state index in [1.54, 1.807) is 30.3 Å². The lowest BCUT2D eigenvalue weighted by Gasteiger charge is -2.24. The van der Waals surface area contributed by atoms with Gasteiger partial charge >= 0.3 is 0 Å². The molecule has 0 spiro atoms. The van der Waals surface area contributed by atoms with E-state index in [2.05, 4.69) is 22.5 Å². The van der Waals surface area contributed by atoms with Crippen molar-refractivity contribution < 1.29 is 8.42 Å². The zero-order chi connectivity index (χ0) is 13.1. The SMILES string of the molecule is C=CCN(C(C)C)S(=O)(=O)c1cccc(Br)c1. The van der Waals surface area contributed by atoms with Crippen molar-refractivity contribution in [1.82, 2.24) is 4.31 Å². The van der Waals surface area contributed by atoms with Crippen molar-refractivity contribution in [1.29, 1.82) is 0 Å². The summed E-state index contributed by atoms with van der Waals surface area (Å²) in [6, 6.07) is 6.61. The number of rotatable bonds is 5. The molecule has 0 unspecified atom stereocenters. The summed E-state index contributed by atoms with van der Waals surface area (Å²) in [4.78, 5) is 0.294. The van der Waals surface area contributed by atoms with E-state index in [-0.39, 0.29) is 6.04 Å². The van der Waals surface area contributed by atoms with Crippen LogP contribution in [0.1, 0.15) is 13.8 Å².